The summed E-state index contributed by atoms with van der Waals surface area (Å²) in [6.45, 7) is 3.72. The van der Waals surface area contributed by atoms with Crippen LogP contribution in [0.1, 0.15) is 13.8 Å². The van der Waals surface area contributed by atoms with Crippen molar-refractivity contribution in [1.29, 1.82) is 0 Å². The summed E-state index contributed by atoms with van der Waals surface area (Å²) < 4.78 is 5.76. The van der Waals surface area contributed by atoms with Gasteiger partial charge in [-0.2, -0.15) is 0 Å². The van der Waals surface area contributed by atoms with Gasteiger partial charge in [0.25, 0.3) is 0 Å². The van der Waals surface area contributed by atoms with Crippen LogP contribution in [-0.2, 0) is 14.3 Å². The van der Waals surface area contributed by atoms with E-state index >= 15 is 0 Å². The fourth-order valence-corrected chi connectivity index (χ4v) is 2.97. The number of imide groups is 1. The number of amides is 2. The van der Waals surface area contributed by atoms with Gasteiger partial charge in [0.05, 0.1) is 23.0 Å². The lowest BCUT2D eigenvalue weighted by molar-refractivity contribution is -0.132. The normalized spacial score (nSPS) is 53.9. The van der Waals surface area contributed by atoms with Gasteiger partial charge in [0.2, 0.25) is 11.8 Å². The molecule has 3 heterocycles. The highest BCUT2D eigenvalue weighted by Gasteiger charge is 2.68. The Morgan fingerprint density at radius 2 is 1.57 bits per heavy atom. The van der Waals surface area contributed by atoms with E-state index in [-0.39, 0.29) is 23.7 Å². The molecule has 2 amide bonds. The predicted molar refractivity (Wildman–Crippen MR) is 47.2 cm³/mol. The summed E-state index contributed by atoms with van der Waals surface area (Å²) in [5.41, 5.74) is -1.18. The SMILES string of the molecule is C[C@]12C=C[C@@](C)(O1)[C@H]1C(=O)NC(=O)[C@H]12. The monoisotopic (exact) mass is 193 g/mol. The third kappa shape index (κ3) is 0.661. The van der Waals surface area contributed by atoms with Gasteiger partial charge in [-0.3, -0.25) is 14.9 Å². The second kappa shape index (κ2) is 1.93. The number of ether oxygens (including phenoxy) is 1. The Morgan fingerprint density at radius 3 is 2.00 bits per heavy atom. The fourth-order valence-electron chi connectivity index (χ4n) is 2.97. The molecule has 0 radical (unpaired) electrons. The van der Waals surface area contributed by atoms with Crippen LogP contribution in [0.25, 0.3) is 0 Å². The molecular formula is C10H11NO3. The van der Waals surface area contributed by atoms with Crippen molar-refractivity contribution in [3.8, 4) is 0 Å². The van der Waals surface area contributed by atoms with E-state index in [2.05, 4.69) is 5.32 Å². The van der Waals surface area contributed by atoms with Crippen LogP contribution in [0.15, 0.2) is 12.2 Å². The molecule has 3 aliphatic rings. The lowest BCUT2D eigenvalue weighted by atomic mass is 9.73. The van der Waals surface area contributed by atoms with Crippen molar-refractivity contribution in [3.63, 3.8) is 0 Å². The van der Waals surface area contributed by atoms with Crippen molar-refractivity contribution in [2.24, 2.45) is 11.8 Å². The summed E-state index contributed by atoms with van der Waals surface area (Å²) in [5.74, 6) is -1.08. The lowest BCUT2D eigenvalue weighted by Crippen LogP contribution is -2.36. The van der Waals surface area contributed by atoms with E-state index in [4.69, 9.17) is 4.74 Å². The maximum atomic E-state index is 11.6. The van der Waals surface area contributed by atoms with Crippen LogP contribution in [0, 0.1) is 11.8 Å². The van der Waals surface area contributed by atoms with Crippen molar-refractivity contribution in [2.75, 3.05) is 0 Å². The van der Waals surface area contributed by atoms with Gasteiger partial charge in [-0.1, -0.05) is 12.2 Å². The number of fused-ring (bicyclic) bond motifs is 5. The Labute approximate surface area is 81.3 Å². The number of hydrogen-bond acceptors (Lipinski definition) is 3. The van der Waals surface area contributed by atoms with E-state index in [9.17, 15) is 9.59 Å². The number of hydrogen-bond donors (Lipinski definition) is 1. The number of rotatable bonds is 0. The maximum Gasteiger partial charge on any atom is 0.233 e. The molecular weight excluding hydrogens is 182 g/mol. The molecule has 0 aromatic rings. The zero-order valence-electron chi connectivity index (χ0n) is 8.03. The Bertz CT molecular complexity index is 355. The van der Waals surface area contributed by atoms with Crippen LogP contribution in [0.3, 0.4) is 0 Å². The van der Waals surface area contributed by atoms with Crippen molar-refractivity contribution < 1.29 is 14.3 Å². The molecule has 14 heavy (non-hydrogen) atoms. The van der Waals surface area contributed by atoms with Gasteiger partial charge >= 0.3 is 0 Å². The van der Waals surface area contributed by atoms with Crippen molar-refractivity contribution in [2.45, 2.75) is 25.0 Å². The van der Waals surface area contributed by atoms with Crippen LogP contribution in [0.5, 0.6) is 0 Å². The number of carbonyl (C=O) groups excluding carboxylic acids is 2. The van der Waals surface area contributed by atoms with E-state index < -0.39 is 11.2 Å². The molecule has 74 valence electrons. The molecule has 0 aromatic heterocycles. The van der Waals surface area contributed by atoms with Gasteiger partial charge in [0, 0.05) is 0 Å². The number of carbonyl (C=O) groups is 2. The van der Waals surface area contributed by atoms with Crippen molar-refractivity contribution in [3.05, 3.63) is 12.2 Å². The summed E-state index contributed by atoms with van der Waals surface area (Å²) in [6, 6.07) is 0. The second-order valence-corrected chi connectivity index (χ2v) is 4.61. The molecule has 2 saturated heterocycles. The van der Waals surface area contributed by atoms with Crippen LogP contribution < -0.4 is 5.32 Å². The highest BCUT2D eigenvalue weighted by molar-refractivity contribution is 6.07. The van der Waals surface area contributed by atoms with Crippen molar-refractivity contribution in [1.82, 2.24) is 5.32 Å². The summed E-state index contributed by atoms with van der Waals surface area (Å²) in [4.78, 5) is 23.1. The first-order valence-electron chi connectivity index (χ1n) is 4.72. The Kier molecular flexibility index (Phi) is 1.13. The van der Waals surface area contributed by atoms with E-state index in [0.717, 1.165) is 0 Å². The zero-order valence-corrected chi connectivity index (χ0v) is 8.03. The first-order chi connectivity index (χ1) is 6.46. The summed E-state index contributed by atoms with van der Waals surface area (Å²) in [7, 11) is 0. The van der Waals surface area contributed by atoms with Gasteiger partial charge in [-0.25, -0.2) is 0 Å². The molecule has 2 fully saturated rings. The second-order valence-electron chi connectivity index (χ2n) is 4.61. The molecule has 3 aliphatic heterocycles. The minimum absolute atomic E-state index is 0.199. The minimum atomic E-state index is -0.588. The molecule has 4 atom stereocenters. The van der Waals surface area contributed by atoms with Gasteiger partial charge in [-0.15, -0.1) is 0 Å². The molecule has 0 aromatic carbocycles. The Morgan fingerprint density at radius 1 is 1.14 bits per heavy atom. The summed E-state index contributed by atoms with van der Waals surface area (Å²) >= 11 is 0. The quantitative estimate of drug-likeness (QED) is 0.435. The lowest BCUT2D eigenvalue weighted by Gasteiger charge is -2.22. The van der Waals surface area contributed by atoms with Crippen LogP contribution >= 0.6 is 0 Å². The van der Waals surface area contributed by atoms with Gasteiger partial charge in [0.1, 0.15) is 0 Å². The third-order valence-corrected chi connectivity index (χ3v) is 3.56. The van der Waals surface area contributed by atoms with E-state index in [0.29, 0.717) is 0 Å². The summed E-state index contributed by atoms with van der Waals surface area (Å²) in [6.07, 6.45) is 3.79. The molecule has 1 N–H and O–H groups in total. The highest BCUT2D eigenvalue weighted by atomic mass is 16.5. The molecule has 3 rings (SSSR count). The molecule has 0 spiro atoms. The molecule has 0 saturated carbocycles. The predicted octanol–water partition coefficient (Wildman–Crippen LogP) is -0.00740. The molecule has 0 unspecified atom stereocenters. The molecule has 2 bridgehead atoms. The first kappa shape index (κ1) is 8.17. The van der Waals surface area contributed by atoms with Crippen LogP contribution in [0.2, 0.25) is 0 Å². The topological polar surface area (TPSA) is 55.4 Å². The average molecular weight is 193 g/mol. The highest BCUT2D eigenvalue weighted by Crippen LogP contribution is 2.55. The smallest absolute Gasteiger partial charge is 0.233 e. The standard InChI is InChI=1S/C10H11NO3/c1-9-3-4-10(2,14-9)6-5(9)7(12)11-8(6)13/h3-6H,1-2H3,(H,11,12,13)/t5-,6+,9-,10-/m1/s1. The van der Waals surface area contributed by atoms with E-state index in [1.54, 1.807) is 0 Å². The van der Waals surface area contributed by atoms with E-state index in [1.807, 2.05) is 26.0 Å². The Balaban J connectivity index is 2.18. The average Bonchev–Trinajstić information content (AvgIpc) is 2.60. The minimum Gasteiger partial charge on any atom is -0.359 e. The maximum absolute atomic E-state index is 11.6. The van der Waals surface area contributed by atoms with Gasteiger partial charge < -0.3 is 4.74 Å². The van der Waals surface area contributed by atoms with Crippen molar-refractivity contribution >= 4 is 11.8 Å². The third-order valence-electron chi connectivity index (χ3n) is 3.56. The number of nitrogens with one attached hydrogen (secondary N) is 1. The van der Waals surface area contributed by atoms with Gasteiger partial charge in [-0.05, 0) is 13.8 Å². The summed E-state index contributed by atoms with van der Waals surface area (Å²) in [5, 5.41) is 2.37. The van der Waals surface area contributed by atoms with Gasteiger partial charge in [0.15, 0.2) is 0 Å². The molecule has 4 heteroatoms. The zero-order chi connectivity index (χ0) is 10.1. The van der Waals surface area contributed by atoms with Crippen LogP contribution in [-0.4, -0.2) is 23.0 Å². The largest absolute Gasteiger partial charge is 0.359 e. The van der Waals surface area contributed by atoms with Crippen LogP contribution in [0.4, 0.5) is 0 Å². The fraction of sp³-hybridized carbons (Fsp3) is 0.600. The molecule has 4 nitrogen and oxygen atoms in total. The Hall–Kier alpha value is -1.16. The molecule has 0 aliphatic carbocycles. The first-order valence-corrected chi connectivity index (χ1v) is 4.72. The van der Waals surface area contributed by atoms with E-state index in [1.165, 1.54) is 0 Å².